The van der Waals surface area contributed by atoms with Gasteiger partial charge in [-0.3, -0.25) is 4.79 Å². The Morgan fingerprint density at radius 3 is 2.44 bits per heavy atom. The molecule has 1 amide bonds. The molecule has 5 nitrogen and oxygen atoms in total. The van der Waals surface area contributed by atoms with Crippen LogP contribution in [-0.4, -0.2) is 47.0 Å². The zero-order chi connectivity index (χ0) is 17.2. The summed E-state index contributed by atoms with van der Waals surface area (Å²) in [5.41, 5.74) is 1.03. The van der Waals surface area contributed by atoms with Gasteiger partial charge in [-0.1, -0.05) is 24.3 Å². The summed E-state index contributed by atoms with van der Waals surface area (Å²) in [5.74, 6) is 0.144. The van der Waals surface area contributed by atoms with E-state index in [4.69, 9.17) is 0 Å². The molecule has 0 atom stereocenters. The van der Waals surface area contributed by atoms with Crippen molar-refractivity contribution in [3.05, 3.63) is 66.2 Å². The van der Waals surface area contributed by atoms with Crippen molar-refractivity contribution in [1.29, 1.82) is 0 Å². The van der Waals surface area contributed by atoms with Gasteiger partial charge in [0.15, 0.2) is 0 Å². The third-order valence-corrected chi connectivity index (χ3v) is 4.49. The molecule has 1 aliphatic rings. The number of anilines is 1. The van der Waals surface area contributed by atoms with Crippen LogP contribution in [0.3, 0.4) is 0 Å². The molecule has 2 aromatic carbocycles. The quantitative estimate of drug-likeness (QED) is 0.722. The number of halogens is 1. The molecule has 4 rings (SSSR count). The van der Waals surface area contributed by atoms with Gasteiger partial charge in [-0.05, 0) is 24.3 Å². The predicted octanol–water partition coefficient (Wildman–Crippen LogP) is 2.73. The van der Waals surface area contributed by atoms with E-state index in [1.54, 1.807) is 23.4 Å². The van der Waals surface area contributed by atoms with Crippen LogP contribution in [0.5, 0.6) is 0 Å². The number of amides is 1. The highest BCUT2D eigenvalue weighted by Gasteiger charge is 2.25. The molecule has 0 saturated carbocycles. The van der Waals surface area contributed by atoms with Crippen LogP contribution in [-0.2, 0) is 0 Å². The van der Waals surface area contributed by atoms with Gasteiger partial charge >= 0.3 is 0 Å². The Bertz CT molecular complexity index is 917. The summed E-state index contributed by atoms with van der Waals surface area (Å²) >= 11 is 0. The van der Waals surface area contributed by atoms with Crippen molar-refractivity contribution >= 4 is 22.6 Å². The van der Waals surface area contributed by atoms with Gasteiger partial charge in [0.2, 0.25) is 0 Å². The molecule has 1 saturated heterocycles. The number of nitrogens with zero attached hydrogens (tertiary/aromatic N) is 4. The van der Waals surface area contributed by atoms with Crippen LogP contribution in [0.15, 0.2) is 54.9 Å². The van der Waals surface area contributed by atoms with Gasteiger partial charge in [0.25, 0.3) is 5.91 Å². The van der Waals surface area contributed by atoms with Gasteiger partial charge in [-0.25, -0.2) is 14.4 Å². The van der Waals surface area contributed by atoms with Gasteiger partial charge in [-0.15, -0.1) is 0 Å². The first-order chi connectivity index (χ1) is 12.2. The summed E-state index contributed by atoms with van der Waals surface area (Å²) in [6, 6.07) is 14.0. The number of para-hydroxylation sites is 1. The first kappa shape index (κ1) is 15.5. The number of carbonyl (C=O) groups is 1. The molecule has 6 heteroatoms. The van der Waals surface area contributed by atoms with Crippen molar-refractivity contribution in [2.45, 2.75) is 0 Å². The Balaban J connectivity index is 1.52. The van der Waals surface area contributed by atoms with Crippen molar-refractivity contribution < 1.29 is 9.18 Å². The van der Waals surface area contributed by atoms with Gasteiger partial charge in [-0.2, -0.15) is 0 Å². The molecule has 1 fully saturated rings. The second-order valence-electron chi connectivity index (χ2n) is 5.97. The second-order valence-corrected chi connectivity index (χ2v) is 5.97. The SMILES string of the molecule is O=C(c1ccccc1F)N1CCN(c2ncnc3ccccc23)CC1. The highest BCUT2D eigenvalue weighted by Crippen LogP contribution is 2.24. The maximum Gasteiger partial charge on any atom is 0.256 e. The van der Waals surface area contributed by atoms with E-state index in [9.17, 15) is 9.18 Å². The van der Waals surface area contributed by atoms with Gasteiger partial charge in [0.1, 0.15) is 18.0 Å². The van der Waals surface area contributed by atoms with E-state index >= 15 is 0 Å². The molecule has 2 heterocycles. The molecule has 0 spiro atoms. The van der Waals surface area contributed by atoms with Crippen molar-refractivity contribution in [2.24, 2.45) is 0 Å². The molecule has 0 aliphatic carbocycles. The maximum absolute atomic E-state index is 13.8. The number of benzene rings is 2. The fraction of sp³-hybridized carbons (Fsp3) is 0.211. The Morgan fingerprint density at radius 2 is 1.64 bits per heavy atom. The van der Waals surface area contributed by atoms with Gasteiger partial charge in [0, 0.05) is 31.6 Å². The highest BCUT2D eigenvalue weighted by atomic mass is 19.1. The van der Waals surface area contributed by atoms with Gasteiger partial charge in [0.05, 0.1) is 11.1 Å². The zero-order valence-corrected chi connectivity index (χ0v) is 13.6. The largest absolute Gasteiger partial charge is 0.352 e. The zero-order valence-electron chi connectivity index (χ0n) is 13.6. The number of aromatic nitrogens is 2. The molecule has 0 unspecified atom stereocenters. The van der Waals surface area contributed by atoms with Crippen molar-refractivity contribution in [3.63, 3.8) is 0 Å². The lowest BCUT2D eigenvalue weighted by molar-refractivity contribution is 0.0742. The van der Waals surface area contributed by atoms with Crippen molar-refractivity contribution in [3.8, 4) is 0 Å². The van der Waals surface area contributed by atoms with Crippen LogP contribution in [0, 0.1) is 5.82 Å². The summed E-state index contributed by atoms with van der Waals surface area (Å²) in [6.45, 7) is 2.37. The summed E-state index contributed by atoms with van der Waals surface area (Å²) in [5, 5.41) is 0.999. The highest BCUT2D eigenvalue weighted by molar-refractivity contribution is 5.95. The molecule has 0 radical (unpaired) electrons. The fourth-order valence-corrected chi connectivity index (χ4v) is 3.17. The third-order valence-electron chi connectivity index (χ3n) is 4.49. The van der Waals surface area contributed by atoms with Crippen molar-refractivity contribution in [2.75, 3.05) is 31.1 Å². The number of carbonyl (C=O) groups excluding carboxylic acids is 1. The standard InChI is InChI=1S/C19H17FN4O/c20-16-7-3-1-5-14(16)19(25)24-11-9-23(10-12-24)18-15-6-2-4-8-17(15)21-13-22-18/h1-8,13H,9-12H2. The molecule has 0 bridgehead atoms. The average Bonchev–Trinajstić information content (AvgIpc) is 2.67. The number of hydrogen-bond acceptors (Lipinski definition) is 4. The summed E-state index contributed by atoms with van der Waals surface area (Å²) < 4.78 is 13.8. The number of piperazine rings is 1. The first-order valence-electron chi connectivity index (χ1n) is 8.22. The van der Waals surface area contributed by atoms with Crippen LogP contribution in [0.2, 0.25) is 0 Å². The lowest BCUT2D eigenvalue weighted by atomic mass is 10.1. The van der Waals surface area contributed by atoms with Crippen LogP contribution < -0.4 is 4.90 Å². The fourth-order valence-electron chi connectivity index (χ4n) is 3.17. The summed E-state index contributed by atoms with van der Waals surface area (Å²) in [6.07, 6.45) is 1.56. The van der Waals surface area contributed by atoms with Gasteiger partial charge < -0.3 is 9.80 Å². The van der Waals surface area contributed by atoms with E-state index in [2.05, 4.69) is 14.9 Å². The topological polar surface area (TPSA) is 49.3 Å². The molecule has 1 aliphatic heterocycles. The maximum atomic E-state index is 13.8. The van der Waals surface area contributed by atoms with E-state index in [0.29, 0.717) is 26.2 Å². The Hall–Kier alpha value is -3.02. The summed E-state index contributed by atoms with van der Waals surface area (Å²) in [7, 11) is 0. The Kier molecular flexibility index (Phi) is 4.01. The predicted molar refractivity (Wildman–Crippen MR) is 94.1 cm³/mol. The lowest BCUT2D eigenvalue weighted by Crippen LogP contribution is -2.49. The molecule has 25 heavy (non-hydrogen) atoms. The van der Waals surface area contributed by atoms with E-state index < -0.39 is 5.82 Å². The van der Waals surface area contributed by atoms with Crippen LogP contribution >= 0.6 is 0 Å². The van der Waals surface area contributed by atoms with Crippen LogP contribution in [0.1, 0.15) is 10.4 Å². The minimum Gasteiger partial charge on any atom is -0.352 e. The van der Waals surface area contributed by atoms with E-state index in [-0.39, 0.29) is 11.5 Å². The molecular formula is C19H17FN4O. The average molecular weight is 336 g/mol. The molecule has 126 valence electrons. The summed E-state index contributed by atoms with van der Waals surface area (Å²) in [4.78, 5) is 25.1. The number of fused-ring (bicyclic) bond motifs is 1. The minimum atomic E-state index is -0.475. The lowest BCUT2D eigenvalue weighted by Gasteiger charge is -2.35. The van der Waals surface area contributed by atoms with Crippen LogP contribution in [0.25, 0.3) is 10.9 Å². The normalized spacial score (nSPS) is 14.8. The first-order valence-corrected chi connectivity index (χ1v) is 8.22. The second kappa shape index (κ2) is 6.47. The third kappa shape index (κ3) is 2.91. The van der Waals surface area contributed by atoms with E-state index in [1.807, 2.05) is 24.3 Å². The Morgan fingerprint density at radius 1 is 0.920 bits per heavy atom. The number of rotatable bonds is 2. The number of hydrogen-bond donors (Lipinski definition) is 0. The Labute approximate surface area is 144 Å². The molecule has 0 N–H and O–H groups in total. The minimum absolute atomic E-state index is 0.128. The molecule has 1 aromatic heterocycles. The van der Waals surface area contributed by atoms with Crippen LogP contribution in [0.4, 0.5) is 10.2 Å². The monoisotopic (exact) mass is 336 g/mol. The van der Waals surface area contributed by atoms with E-state index in [1.165, 1.54) is 12.1 Å². The molecular weight excluding hydrogens is 319 g/mol. The smallest absolute Gasteiger partial charge is 0.256 e. The van der Waals surface area contributed by atoms with Crippen molar-refractivity contribution in [1.82, 2.24) is 14.9 Å². The molecule has 3 aromatic rings. The van der Waals surface area contributed by atoms with E-state index in [0.717, 1.165) is 16.7 Å².